The van der Waals surface area contributed by atoms with Crippen LogP contribution in [0.5, 0.6) is 5.75 Å². The molecule has 0 fully saturated rings. The standard InChI is InChI=1S/C13H11F2NO/c1-17-13-11(15)6-3-7-12(13)16-10-5-2-4-9(14)8-10/h2-8,16H,1H3. The molecule has 2 aromatic rings. The molecule has 0 aliphatic carbocycles. The third-order valence-corrected chi connectivity index (χ3v) is 2.27. The van der Waals surface area contributed by atoms with Gasteiger partial charge < -0.3 is 10.1 Å². The van der Waals surface area contributed by atoms with Crippen molar-refractivity contribution in [2.24, 2.45) is 0 Å². The smallest absolute Gasteiger partial charge is 0.177 e. The van der Waals surface area contributed by atoms with Crippen LogP contribution in [0.25, 0.3) is 0 Å². The molecule has 0 radical (unpaired) electrons. The zero-order valence-corrected chi connectivity index (χ0v) is 9.21. The first-order valence-corrected chi connectivity index (χ1v) is 5.06. The molecule has 0 heterocycles. The van der Waals surface area contributed by atoms with Crippen molar-refractivity contribution in [2.45, 2.75) is 0 Å². The van der Waals surface area contributed by atoms with Gasteiger partial charge in [0.1, 0.15) is 5.82 Å². The van der Waals surface area contributed by atoms with Crippen molar-refractivity contribution < 1.29 is 13.5 Å². The Kier molecular flexibility index (Phi) is 3.23. The number of methoxy groups -OCH3 is 1. The van der Waals surface area contributed by atoms with E-state index in [9.17, 15) is 8.78 Å². The topological polar surface area (TPSA) is 21.3 Å². The molecule has 0 saturated carbocycles. The number of para-hydroxylation sites is 1. The van der Waals surface area contributed by atoms with E-state index in [1.54, 1.807) is 24.3 Å². The Morgan fingerprint density at radius 2 is 1.82 bits per heavy atom. The van der Waals surface area contributed by atoms with Gasteiger partial charge in [-0.1, -0.05) is 12.1 Å². The normalized spacial score (nSPS) is 10.1. The number of hydrogen-bond acceptors (Lipinski definition) is 2. The van der Waals surface area contributed by atoms with Gasteiger partial charge in [-0.3, -0.25) is 0 Å². The molecule has 0 aliphatic rings. The van der Waals surface area contributed by atoms with Gasteiger partial charge in [-0.05, 0) is 30.3 Å². The highest BCUT2D eigenvalue weighted by Crippen LogP contribution is 2.30. The van der Waals surface area contributed by atoms with E-state index in [0.29, 0.717) is 11.4 Å². The van der Waals surface area contributed by atoms with Crippen LogP contribution in [0, 0.1) is 11.6 Å². The number of benzene rings is 2. The molecular weight excluding hydrogens is 224 g/mol. The SMILES string of the molecule is COc1c(F)cccc1Nc1cccc(F)c1. The Balaban J connectivity index is 2.33. The maximum Gasteiger partial charge on any atom is 0.177 e. The molecule has 0 unspecified atom stereocenters. The molecular formula is C13H11F2NO. The van der Waals surface area contributed by atoms with E-state index < -0.39 is 5.82 Å². The summed E-state index contributed by atoms with van der Waals surface area (Å²) in [5, 5.41) is 2.90. The number of hydrogen-bond donors (Lipinski definition) is 1. The summed E-state index contributed by atoms with van der Waals surface area (Å²) in [6.45, 7) is 0. The highest BCUT2D eigenvalue weighted by Gasteiger charge is 2.08. The van der Waals surface area contributed by atoms with Crippen molar-refractivity contribution in [1.29, 1.82) is 0 Å². The molecule has 0 aliphatic heterocycles. The molecule has 0 aromatic heterocycles. The molecule has 2 aromatic carbocycles. The lowest BCUT2D eigenvalue weighted by molar-refractivity contribution is 0.388. The van der Waals surface area contributed by atoms with E-state index in [1.807, 2.05) is 0 Å². The lowest BCUT2D eigenvalue weighted by Gasteiger charge is -2.11. The number of ether oxygens (including phenoxy) is 1. The van der Waals surface area contributed by atoms with E-state index in [0.717, 1.165) is 0 Å². The minimum Gasteiger partial charge on any atom is -0.492 e. The predicted molar refractivity (Wildman–Crippen MR) is 62.6 cm³/mol. The highest BCUT2D eigenvalue weighted by molar-refractivity contribution is 5.66. The summed E-state index contributed by atoms with van der Waals surface area (Å²) in [5.41, 5.74) is 0.993. The van der Waals surface area contributed by atoms with Crippen LogP contribution in [0.15, 0.2) is 42.5 Å². The highest BCUT2D eigenvalue weighted by atomic mass is 19.1. The second-order valence-electron chi connectivity index (χ2n) is 3.46. The van der Waals surface area contributed by atoms with Gasteiger partial charge in [0.05, 0.1) is 12.8 Å². The van der Waals surface area contributed by atoms with Gasteiger partial charge in [0.25, 0.3) is 0 Å². The average molecular weight is 235 g/mol. The lowest BCUT2D eigenvalue weighted by Crippen LogP contribution is -1.97. The zero-order chi connectivity index (χ0) is 12.3. The first-order chi connectivity index (χ1) is 8.20. The van der Waals surface area contributed by atoms with Gasteiger partial charge in [-0.25, -0.2) is 8.78 Å². The van der Waals surface area contributed by atoms with E-state index >= 15 is 0 Å². The molecule has 0 atom stereocenters. The maximum absolute atomic E-state index is 13.4. The van der Waals surface area contributed by atoms with Crippen LogP contribution < -0.4 is 10.1 Å². The van der Waals surface area contributed by atoms with E-state index in [-0.39, 0.29) is 11.6 Å². The van der Waals surface area contributed by atoms with Crippen molar-refractivity contribution in [2.75, 3.05) is 12.4 Å². The number of anilines is 2. The average Bonchev–Trinajstić information content (AvgIpc) is 2.29. The maximum atomic E-state index is 13.4. The van der Waals surface area contributed by atoms with Gasteiger partial charge in [-0.2, -0.15) is 0 Å². The molecule has 88 valence electrons. The summed E-state index contributed by atoms with van der Waals surface area (Å²) in [6.07, 6.45) is 0. The minimum atomic E-state index is -0.464. The third-order valence-electron chi connectivity index (χ3n) is 2.27. The Hall–Kier alpha value is -2.10. The van der Waals surface area contributed by atoms with Crippen molar-refractivity contribution >= 4 is 11.4 Å². The van der Waals surface area contributed by atoms with Crippen LogP contribution in [0.4, 0.5) is 20.2 Å². The van der Waals surface area contributed by atoms with Crippen molar-refractivity contribution in [3.63, 3.8) is 0 Å². The summed E-state index contributed by atoms with van der Waals surface area (Å²) in [5.74, 6) is -0.712. The van der Waals surface area contributed by atoms with Crippen LogP contribution in [0.1, 0.15) is 0 Å². The number of rotatable bonds is 3. The zero-order valence-electron chi connectivity index (χ0n) is 9.21. The summed E-state index contributed by atoms with van der Waals surface area (Å²) in [4.78, 5) is 0. The molecule has 4 heteroatoms. The fourth-order valence-electron chi connectivity index (χ4n) is 1.54. The molecule has 0 saturated heterocycles. The van der Waals surface area contributed by atoms with Crippen LogP contribution in [0.3, 0.4) is 0 Å². The molecule has 0 spiro atoms. The monoisotopic (exact) mass is 235 g/mol. The Morgan fingerprint density at radius 3 is 2.53 bits per heavy atom. The number of halogens is 2. The molecule has 0 amide bonds. The van der Waals surface area contributed by atoms with Crippen LogP contribution in [-0.2, 0) is 0 Å². The van der Waals surface area contributed by atoms with E-state index in [4.69, 9.17) is 4.74 Å². The number of nitrogens with one attached hydrogen (secondary N) is 1. The molecule has 0 bridgehead atoms. The molecule has 2 nitrogen and oxygen atoms in total. The second-order valence-corrected chi connectivity index (χ2v) is 3.46. The summed E-state index contributed by atoms with van der Waals surface area (Å²) in [7, 11) is 1.38. The minimum absolute atomic E-state index is 0.108. The van der Waals surface area contributed by atoms with E-state index in [1.165, 1.54) is 25.3 Å². The van der Waals surface area contributed by atoms with Crippen LogP contribution in [-0.4, -0.2) is 7.11 Å². The molecule has 17 heavy (non-hydrogen) atoms. The van der Waals surface area contributed by atoms with E-state index in [2.05, 4.69) is 5.32 Å². The van der Waals surface area contributed by atoms with Gasteiger partial charge >= 0.3 is 0 Å². The van der Waals surface area contributed by atoms with Gasteiger partial charge in [0, 0.05) is 5.69 Å². The summed E-state index contributed by atoms with van der Waals surface area (Å²) < 4.78 is 31.3. The van der Waals surface area contributed by atoms with Crippen LogP contribution in [0.2, 0.25) is 0 Å². The lowest BCUT2D eigenvalue weighted by atomic mass is 10.2. The van der Waals surface area contributed by atoms with Gasteiger partial charge in [0.15, 0.2) is 11.6 Å². The fraction of sp³-hybridized carbons (Fsp3) is 0.0769. The largest absolute Gasteiger partial charge is 0.492 e. The van der Waals surface area contributed by atoms with Crippen molar-refractivity contribution in [3.05, 3.63) is 54.1 Å². The van der Waals surface area contributed by atoms with Gasteiger partial charge in [-0.15, -0.1) is 0 Å². The van der Waals surface area contributed by atoms with Crippen molar-refractivity contribution in [1.82, 2.24) is 0 Å². The fourth-order valence-corrected chi connectivity index (χ4v) is 1.54. The Morgan fingerprint density at radius 1 is 1.06 bits per heavy atom. The van der Waals surface area contributed by atoms with Gasteiger partial charge in [0.2, 0.25) is 0 Å². The third kappa shape index (κ3) is 2.53. The summed E-state index contributed by atoms with van der Waals surface area (Å²) in [6, 6.07) is 10.4. The second kappa shape index (κ2) is 4.82. The Bertz CT molecular complexity index is 529. The molecule has 2 rings (SSSR count). The molecule has 1 N–H and O–H groups in total. The summed E-state index contributed by atoms with van der Waals surface area (Å²) >= 11 is 0. The van der Waals surface area contributed by atoms with Crippen molar-refractivity contribution in [3.8, 4) is 5.75 Å². The quantitative estimate of drug-likeness (QED) is 0.875. The van der Waals surface area contributed by atoms with Crippen LogP contribution >= 0.6 is 0 Å². The first kappa shape index (κ1) is 11.4. The Labute approximate surface area is 97.8 Å². The predicted octanol–water partition coefficient (Wildman–Crippen LogP) is 3.72. The first-order valence-electron chi connectivity index (χ1n) is 5.06.